The second-order valence-corrected chi connectivity index (χ2v) is 4.38. The fraction of sp³-hybridized carbons (Fsp3) is 0.267. The van der Waals surface area contributed by atoms with E-state index < -0.39 is 0 Å². The van der Waals surface area contributed by atoms with Crippen molar-refractivity contribution < 1.29 is 4.74 Å². The summed E-state index contributed by atoms with van der Waals surface area (Å²) in [5, 5.41) is 0. The molecule has 0 bridgehead atoms. The van der Waals surface area contributed by atoms with Gasteiger partial charge in [0.25, 0.3) is 0 Å². The molecule has 0 aliphatic carbocycles. The Morgan fingerprint density at radius 3 is 2.50 bits per heavy atom. The first-order chi connectivity index (χ1) is 8.69. The number of rotatable bonds is 4. The maximum Gasteiger partial charge on any atom is 0.221 e. The van der Waals surface area contributed by atoms with E-state index in [2.05, 4.69) is 31.0 Å². The molecule has 2 N–H and O–H groups in total. The van der Waals surface area contributed by atoms with Gasteiger partial charge in [-0.2, -0.15) is 4.98 Å². The molecule has 0 aliphatic rings. The van der Waals surface area contributed by atoms with Crippen molar-refractivity contribution in [2.24, 2.45) is 0 Å². The van der Waals surface area contributed by atoms with Crippen molar-refractivity contribution in [3.63, 3.8) is 0 Å². The van der Waals surface area contributed by atoms with Gasteiger partial charge in [-0.3, -0.25) is 0 Å². The van der Waals surface area contributed by atoms with Crippen LogP contribution in [0.4, 0.5) is 5.82 Å². The van der Waals surface area contributed by atoms with Crippen molar-refractivity contribution in [1.82, 2.24) is 4.98 Å². The average Bonchev–Trinajstić information content (AvgIpc) is 2.39. The van der Waals surface area contributed by atoms with E-state index >= 15 is 0 Å². The SMILES string of the molecule is CCC(C)c1ccc(Oc2cccc(N)n2)cc1. The van der Waals surface area contributed by atoms with Crippen LogP contribution >= 0.6 is 0 Å². The molecule has 0 aliphatic heterocycles. The number of nitrogen functional groups attached to an aromatic ring is 1. The minimum Gasteiger partial charge on any atom is -0.439 e. The molecule has 3 nitrogen and oxygen atoms in total. The lowest BCUT2D eigenvalue weighted by Crippen LogP contribution is -1.94. The Morgan fingerprint density at radius 1 is 1.17 bits per heavy atom. The van der Waals surface area contributed by atoms with Crippen LogP contribution in [0.3, 0.4) is 0 Å². The second-order valence-electron chi connectivity index (χ2n) is 4.38. The molecule has 1 aromatic heterocycles. The largest absolute Gasteiger partial charge is 0.439 e. The number of ether oxygens (including phenoxy) is 1. The second kappa shape index (κ2) is 5.54. The first-order valence-corrected chi connectivity index (χ1v) is 6.19. The Labute approximate surface area is 108 Å². The summed E-state index contributed by atoms with van der Waals surface area (Å²) in [6.45, 7) is 4.40. The number of nitrogens with zero attached hydrogens (tertiary/aromatic N) is 1. The summed E-state index contributed by atoms with van der Waals surface area (Å²) in [5.41, 5.74) is 6.93. The summed E-state index contributed by atoms with van der Waals surface area (Å²) in [4.78, 5) is 4.10. The molecule has 0 spiro atoms. The number of aromatic nitrogens is 1. The van der Waals surface area contributed by atoms with Gasteiger partial charge in [0.1, 0.15) is 11.6 Å². The number of pyridine rings is 1. The third-order valence-corrected chi connectivity index (χ3v) is 3.03. The van der Waals surface area contributed by atoms with E-state index in [1.165, 1.54) is 5.56 Å². The molecule has 2 aromatic rings. The van der Waals surface area contributed by atoms with Crippen molar-refractivity contribution in [3.8, 4) is 11.6 Å². The van der Waals surface area contributed by atoms with E-state index in [0.29, 0.717) is 17.6 Å². The third-order valence-electron chi connectivity index (χ3n) is 3.03. The number of hydrogen-bond acceptors (Lipinski definition) is 3. The fourth-order valence-corrected chi connectivity index (χ4v) is 1.71. The smallest absolute Gasteiger partial charge is 0.221 e. The van der Waals surface area contributed by atoms with Crippen LogP contribution in [0, 0.1) is 0 Å². The lowest BCUT2D eigenvalue weighted by Gasteiger charge is -2.10. The summed E-state index contributed by atoms with van der Waals surface area (Å²) in [6, 6.07) is 13.5. The number of anilines is 1. The Balaban J connectivity index is 2.11. The summed E-state index contributed by atoms with van der Waals surface area (Å²) in [6.07, 6.45) is 1.14. The van der Waals surface area contributed by atoms with E-state index in [1.807, 2.05) is 18.2 Å². The highest BCUT2D eigenvalue weighted by Crippen LogP contribution is 2.24. The Bertz CT molecular complexity index is 508. The predicted octanol–water partition coefficient (Wildman–Crippen LogP) is 3.97. The van der Waals surface area contributed by atoms with Gasteiger partial charge in [0, 0.05) is 6.07 Å². The molecule has 18 heavy (non-hydrogen) atoms. The van der Waals surface area contributed by atoms with Crippen molar-refractivity contribution in [3.05, 3.63) is 48.0 Å². The monoisotopic (exact) mass is 242 g/mol. The maximum atomic E-state index is 5.64. The maximum absolute atomic E-state index is 5.64. The molecule has 94 valence electrons. The zero-order chi connectivity index (χ0) is 13.0. The molecule has 3 heteroatoms. The van der Waals surface area contributed by atoms with Crippen LogP contribution in [-0.4, -0.2) is 4.98 Å². The van der Waals surface area contributed by atoms with Crippen LogP contribution in [0.1, 0.15) is 31.7 Å². The van der Waals surface area contributed by atoms with Gasteiger partial charge >= 0.3 is 0 Å². The van der Waals surface area contributed by atoms with E-state index in [1.54, 1.807) is 12.1 Å². The molecule has 0 saturated heterocycles. The van der Waals surface area contributed by atoms with Gasteiger partial charge in [0.2, 0.25) is 5.88 Å². The van der Waals surface area contributed by atoms with Gasteiger partial charge in [-0.1, -0.05) is 32.0 Å². The molecular formula is C15H18N2O. The molecule has 1 aromatic carbocycles. The zero-order valence-electron chi connectivity index (χ0n) is 10.8. The fourth-order valence-electron chi connectivity index (χ4n) is 1.71. The molecule has 2 rings (SSSR count). The van der Waals surface area contributed by atoms with Crippen LogP contribution in [0.25, 0.3) is 0 Å². The van der Waals surface area contributed by atoms with E-state index in [4.69, 9.17) is 10.5 Å². The van der Waals surface area contributed by atoms with Crippen molar-refractivity contribution in [2.75, 3.05) is 5.73 Å². The van der Waals surface area contributed by atoms with Crippen LogP contribution in [0.5, 0.6) is 11.6 Å². The quantitative estimate of drug-likeness (QED) is 0.882. The Morgan fingerprint density at radius 2 is 1.89 bits per heavy atom. The first kappa shape index (κ1) is 12.4. The van der Waals surface area contributed by atoms with Crippen LogP contribution in [0.15, 0.2) is 42.5 Å². The number of benzene rings is 1. The van der Waals surface area contributed by atoms with Gasteiger partial charge in [0.15, 0.2) is 0 Å². The molecular weight excluding hydrogens is 224 g/mol. The molecule has 0 saturated carbocycles. The average molecular weight is 242 g/mol. The van der Waals surface area contributed by atoms with Gasteiger partial charge in [-0.05, 0) is 36.1 Å². The Hall–Kier alpha value is -2.03. The highest BCUT2D eigenvalue weighted by Gasteiger charge is 2.03. The van der Waals surface area contributed by atoms with Crippen LogP contribution < -0.4 is 10.5 Å². The lowest BCUT2D eigenvalue weighted by molar-refractivity contribution is 0.463. The number of hydrogen-bond donors (Lipinski definition) is 1. The first-order valence-electron chi connectivity index (χ1n) is 6.19. The topological polar surface area (TPSA) is 48.1 Å². The summed E-state index contributed by atoms with van der Waals surface area (Å²) < 4.78 is 5.64. The van der Waals surface area contributed by atoms with E-state index in [0.717, 1.165) is 12.2 Å². The van der Waals surface area contributed by atoms with Crippen molar-refractivity contribution in [1.29, 1.82) is 0 Å². The summed E-state index contributed by atoms with van der Waals surface area (Å²) in [5.74, 6) is 2.33. The van der Waals surface area contributed by atoms with Crippen molar-refractivity contribution in [2.45, 2.75) is 26.2 Å². The van der Waals surface area contributed by atoms with E-state index in [-0.39, 0.29) is 0 Å². The standard InChI is InChI=1S/C15H18N2O/c1-3-11(2)12-7-9-13(10-8-12)18-15-6-4-5-14(16)17-15/h4-11H,3H2,1-2H3,(H2,16,17). The normalized spacial score (nSPS) is 12.1. The van der Waals surface area contributed by atoms with Gasteiger partial charge in [0.05, 0.1) is 0 Å². The molecule has 1 heterocycles. The summed E-state index contributed by atoms with van der Waals surface area (Å²) in [7, 11) is 0. The lowest BCUT2D eigenvalue weighted by atomic mass is 9.99. The third kappa shape index (κ3) is 3.00. The highest BCUT2D eigenvalue weighted by molar-refractivity contribution is 5.35. The predicted molar refractivity (Wildman–Crippen MR) is 73.9 cm³/mol. The number of nitrogens with two attached hydrogens (primary N) is 1. The molecule has 0 fully saturated rings. The molecule has 0 radical (unpaired) electrons. The zero-order valence-corrected chi connectivity index (χ0v) is 10.8. The van der Waals surface area contributed by atoms with Crippen LogP contribution in [-0.2, 0) is 0 Å². The van der Waals surface area contributed by atoms with Gasteiger partial charge < -0.3 is 10.5 Å². The van der Waals surface area contributed by atoms with Gasteiger partial charge in [-0.15, -0.1) is 0 Å². The van der Waals surface area contributed by atoms with Crippen LogP contribution in [0.2, 0.25) is 0 Å². The van der Waals surface area contributed by atoms with Gasteiger partial charge in [-0.25, -0.2) is 0 Å². The van der Waals surface area contributed by atoms with E-state index in [9.17, 15) is 0 Å². The van der Waals surface area contributed by atoms with Crippen molar-refractivity contribution >= 4 is 5.82 Å². The summed E-state index contributed by atoms with van der Waals surface area (Å²) >= 11 is 0. The molecule has 0 amide bonds. The highest BCUT2D eigenvalue weighted by atomic mass is 16.5. The minimum atomic E-state index is 0.462. The minimum absolute atomic E-state index is 0.462. The molecule has 1 unspecified atom stereocenters. The molecule has 1 atom stereocenters. The Kier molecular flexibility index (Phi) is 3.82.